The van der Waals surface area contributed by atoms with E-state index >= 15 is 0 Å². The van der Waals surface area contributed by atoms with Crippen LogP contribution in [0.5, 0.6) is 0 Å². The van der Waals surface area contributed by atoms with Gasteiger partial charge in [0.15, 0.2) is 15.5 Å². The second kappa shape index (κ2) is 7.34. The number of carbonyl (C=O) groups excluding carboxylic acids is 1. The topological polar surface area (TPSA) is 105 Å². The number of amides is 1. The molecule has 0 saturated carbocycles. The molecule has 156 valence electrons. The van der Waals surface area contributed by atoms with Gasteiger partial charge in [-0.1, -0.05) is 24.3 Å². The zero-order valence-electron chi connectivity index (χ0n) is 16.5. The van der Waals surface area contributed by atoms with Crippen molar-refractivity contribution in [3.63, 3.8) is 0 Å². The fourth-order valence-electron chi connectivity index (χ4n) is 4.05. The van der Waals surface area contributed by atoms with E-state index in [9.17, 15) is 18.5 Å². The first-order valence-corrected chi connectivity index (χ1v) is 11.5. The van der Waals surface area contributed by atoms with Crippen molar-refractivity contribution >= 4 is 15.7 Å². The van der Waals surface area contributed by atoms with Crippen LogP contribution >= 0.6 is 0 Å². The van der Waals surface area contributed by atoms with E-state index in [4.69, 9.17) is 4.74 Å². The van der Waals surface area contributed by atoms with Crippen LogP contribution in [-0.4, -0.2) is 55.3 Å². The number of hydrogen-bond donors (Lipinski definition) is 0. The maximum absolute atomic E-state index is 13.3. The van der Waals surface area contributed by atoms with Gasteiger partial charge in [-0.3, -0.25) is 4.79 Å². The molecule has 2 aromatic carbocycles. The van der Waals surface area contributed by atoms with Gasteiger partial charge in [0, 0.05) is 24.2 Å². The third-order valence-corrected chi connectivity index (χ3v) is 7.21. The van der Waals surface area contributed by atoms with E-state index in [1.165, 1.54) is 0 Å². The number of rotatable bonds is 2. The maximum atomic E-state index is 13.3. The van der Waals surface area contributed by atoms with Crippen LogP contribution in [0, 0.1) is 11.3 Å². The molecule has 1 saturated heterocycles. The Kier molecular flexibility index (Phi) is 4.61. The Hall–Kier alpha value is -3.48. The highest BCUT2D eigenvalue weighted by atomic mass is 32.2. The number of aromatic nitrogens is 2. The van der Waals surface area contributed by atoms with E-state index in [0.717, 1.165) is 0 Å². The summed E-state index contributed by atoms with van der Waals surface area (Å²) in [4.78, 5) is 15.2. The fourth-order valence-corrected chi connectivity index (χ4v) is 5.64. The monoisotopic (exact) mass is 434 g/mol. The largest absolute Gasteiger partial charge is 0.378 e. The van der Waals surface area contributed by atoms with Gasteiger partial charge in [0.2, 0.25) is 0 Å². The Morgan fingerprint density at radius 1 is 1.10 bits per heavy atom. The standard InChI is InChI=1S/C22H18N4O4S/c23-13-15-4-3-5-16(12-15)26-21-17-6-1-2-7-19(17)31(28,29)14-18(21)20(24-26)22(27)25-8-10-30-11-9-25/h1-7,12H,8-11,14H2. The third-order valence-electron chi connectivity index (χ3n) is 5.52. The van der Waals surface area contributed by atoms with Crippen molar-refractivity contribution in [3.8, 4) is 23.0 Å². The van der Waals surface area contributed by atoms with E-state index in [1.54, 1.807) is 58.1 Å². The molecule has 1 aromatic heterocycles. The number of fused-ring (bicyclic) bond motifs is 3. The predicted octanol–water partition coefficient (Wildman–Crippen LogP) is 2.17. The lowest BCUT2D eigenvalue weighted by atomic mass is 10.0. The van der Waals surface area contributed by atoms with Crippen LogP contribution in [0.2, 0.25) is 0 Å². The first-order chi connectivity index (χ1) is 15.0. The lowest BCUT2D eigenvalue weighted by Crippen LogP contribution is -2.41. The van der Waals surface area contributed by atoms with Gasteiger partial charge in [-0.05, 0) is 24.3 Å². The Morgan fingerprint density at radius 2 is 1.87 bits per heavy atom. The summed E-state index contributed by atoms with van der Waals surface area (Å²) in [5, 5.41) is 13.9. The van der Waals surface area contributed by atoms with Crippen LogP contribution in [0.1, 0.15) is 21.6 Å². The molecule has 9 heteroatoms. The zero-order chi connectivity index (χ0) is 21.6. The lowest BCUT2D eigenvalue weighted by molar-refractivity contribution is 0.0298. The number of morpholine rings is 1. The number of benzene rings is 2. The number of nitrogens with zero attached hydrogens (tertiary/aromatic N) is 4. The van der Waals surface area contributed by atoms with Crippen LogP contribution in [-0.2, 0) is 20.3 Å². The summed E-state index contributed by atoms with van der Waals surface area (Å²) in [6, 6.07) is 15.7. The lowest BCUT2D eigenvalue weighted by Gasteiger charge is -2.26. The molecule has 0 radical (unpaired) electrons. The molecule has 8 nitrogen and oxygen atoms in total. The summed E-state index contributed by atoms with van der Waals surface area (Å²) in [6.07, 6.45) is 0. The summed E-state index contributed by atoms with van der Waals surface area (Å²) >= 11 is 0. The highest BCUT2D eigenvalue weighted by molar-refractivity contribution is 7.90. The van der Waals surface area contributed by atoms with E-state index in [0.29, 0.717) is 54.4 Å². The third kappa shape index (κ3) is 3.21. The molecule has 2 aliphatic rings. The Bertz CT molecular complexity index is 1350. The van der Waals surface area contributed by atoms with Crippen molar-refractivity contribution < 1.29 is 17.9 Å². The Balaban J connectivity index is 1.77. The average Bonchev–Trinajstić information content (AvgIpc) is 3.18. The molecule has 2 aliphatic heterocycles. The number of ether oxygens (including phenoxy) is 1. The van der Waals surface area contributed by atoms with Crippen molar-refractivity contribution in [1.82, 2.24) is 14.7 Å². The van der Waals surface area contributed by atoms with E-state index < -0.39 is 9.84 Å². The van der Waals surface area contributed by atoms with Gasteiger partial charge in [0.25, 0.3) is 5.91 Å². The van der Waals surface area contributed by atoms with Gasteiger partial charge < -0.3 is 9.64 Å². The first-order valence-electron chi connectivity index (χ1n) is 9.81. The van der Waals surface area contributed by atoms with Gasteiger partial charge in [0.1, 0.15) is 0 Å². The summed E-state index contributed by atoms with van der Waals surface area (Å²) in [6.45, 7) is 1.71. The summed E-state index contributed by atoms with van der Waals surface area (Å²) < 4.78 is 32.9. The summed E-state index contributed by atoms with van der Waals surface area (Å²) in [5.74, 6) is -0.618. The normalized spacial score (nSPS) is 16.8. The van der Waals surface area contributed by atoms with Crippen molar-refractivity contribution in [2.75, 3.05) is 26.3 Å². The quantitative estimate of drug-likeness (QED) is 0.612. The number of carbonyl (C=O) groups is 1. The highest BCUT2D eigenvalue weighted by Gasteiger charge is 2.37. The average molecular weight is 434 g/mol. The smallest absolute Gasteiger partial charge is 0.274 e. The van der Waals surface area contributed by atoms with Gasteiger partial charge in [-0.2, -0.15) is 10.4 Å². The summed E-state index contributed by atoms with van der Waals surface area (Å²) in [5.41, 5.74) is 2.61. The van der Waals surface area contributed by atoms with Crippen molar-refractivity contribution in [2.24, 2.45) is 0 Å². The molecule has 0 bridgehead atoms. The SMILES string of the molecule is N#Cc1cccc(-n2nc(C(=O)N3CCOCC3)c3c2-c2ccccc2S(=O)(=O)C3)c1. The molecule has 0 spiro atoms. The second-order valence-electron chi connectivity index (χ2n) is 7.41. The molecule has 0 N–H and O–H groups in total. The van der Waals surface area contributed by atoms with Crippen molar-refractivity contribution in [1.29, 1.82) is 5.26 Å². The zero-order valence-corrected chi connectivity index (χ0v) is 17.3. The minimum Gasteiger partial charge on any atom is -0.378 e. The van der Waals surface area contributed by atoms with Gasteiger partial charge in [-0.15, -0.1) is 0 Å². The summed E-state index contributed by atoms with van der Waals surface area (Å²) in [7, 11) is -3.62. The molecule has 3 heterocycles. The molecular formula is C22H18N4O4S. The molecule has 5 rings (SSSR count). The van der Waals surface area contributed by atoms with Crippen molar-refractivity contribution in [2.45, 2.75) is 10.6 Å². The van der Waals surface area contributed by atoms with Crippen LogP contribution in [0.4, 0.5) is 0 Å². The van der Waals surface area contributed by atoms with Crippen molar-refractivity contribution in [3.05, 3.63) is 65.4 Å². The van der Waals surface area contributed by atoms with E-state index in [2.05, 4.69) is 11.2 Å². The minimum atomic E-state index is -3.62. The molecule has 0 unspecified atom stereocenters. The maximum Gasteiger partial charge on any atom is 0.274 e. The fraction of sp³-hybridized carbons (Fsp3) is 0.227. The van der Waals surface area contributed by atoms with E-state index in [1.807, 2.05) is 0 Å². The molecule has 31 heavy (non-hydrogen) atoms. The first kappa shape index (κ1) is 19.5. The van der Waals surface area contributed by atoms with Gasteiger partial charge in [0.05, 0.1) is 46.9 Å². The number of sulfone groups is 1. The molecule has 1 fully saturated rings. The molecule has 0 aliphatic carbocycles. The number of nitriles is 1. The minimum absolute atomic E-state index is 0.123. The molecular weight excluding hydrogens is 416 g/mol. The van der Waals surface area contributed by atoms with Crippen LogP contribution in [0.25, 0.3) is 16.9 Å². The van der Waals surface area contributed by atoms with Crippen LogP contribution < -0.4 is 0 Å². The molecule has 0 atom stereocenters. The van der Waals surface area contributed by atoms with E-state index in [-0.39, 0.29) is 22.2 Å². The number of hydrogen-bond acceptors (Lipinski definition) is 6. The Labute approximate surface area is 179 Å². The van der Waals surface area contributed by atoms with Gasteiger partial charge >= 0.3 is 0 Å². The second-order valence-corrected chi connectivity index (χ2v) is 9.37. The Morgan fingerprint density at radius 3 is 2.65 bits per heavy atom. The molecule has 1 amide bonds. The highest BCUT2D eigenvalue weighted by Crippen LogP contribution is 2.40. The molecule has 3 aromatic rings. The van der Waals surface area contributed by atoms with Crippen LogP contribution in [0.15, 0.2) is 53.4 Å². The van der Waals surface area contributed by atoms with Gasteiger partial charge in [-0.25, -0.2) is 13.1 Å². The predicted molar refractivity (Wildman–Crippen MR) is 111 cm³/mol. The van der Waals surface area contributed by atoms with Crippen LogP contribution in [0.3, 0.4) is 0 Å².